The monoisotopic (exact) mass is 278 g/mol. The Morgan fingerprint density at radius 1 is 1.33 bits per heavy atom. The number of thiophene rings is 1. The normalized spacial score (nSPS) is 34.4. The van der Waals surface area contributed by atoms with Crippen LogP contribution >= 0.6 is 23.1 Å². The standard InChI is InChI=1S/C13H14N2OS2/c16-12-10-7-3-1-4-8(7)18-13(10)15-11(14-12)9-5-2-6-17-9/h2,5-6,10-11,13,15H,1,3-4H2,(H,14,16). The molecule has 3 atom stereocenters. The smallest absolute Gasteiger partial charge is 0.231 e. The van der Waals surface area contributed by atoms with Gasteiger partial charge in [0.2, 0.25) is 5.91 Å². The van der Waals surface area contributed by atoms with Gasteiger partial charge in [0.15, 0.2) is 0 Å². The maximum absolute atomic E-state index is 12.3. The average molecular weight is 278 g/mol. The van der Waals surface area contributed by atoms with E-state index in [0.717, 1.165) is 6.42 Å². The zero-order chi connectivity index (χ0) is 12.1. The summed E-state index contributed by atoms with van der Waals surface area (Å²) in [5.74, 6) is 0.278. The van der Waals surface area contributed by atoms with Gasteiger partial charge in [-0.3, -0.25) is 10.1 Å². The molecule has 2 N–H and O–H groups in total. The molecule has 0 aromatic carbocycles. The van der Waals surface area contributed by atoms with Crippen LogP contribution in [-0.4, -0.2) is 11.3 Å². The van der Waals surface area contributed by atoms with Crippen LogP contribution < -0.4 is 10.6 Å². The predicted octanol–water partition coefficient (Wildman–Crippen LogP) is 2.59. The van der Waals surface area contributed by atoms with Gasteiger partial charge in [-0.05, 0) is 41.2 Å². The van der Waals surface area contributed by atoms with Crippen molar-refractivity contribution in [1.82, 2.24) is 10.6 Å². The Hall–Kier alpha value is -0.780. The van der Waals surface area contributed by atoms with Gasteiger partial charge >= 0.3 is 0 Å². The molecule has 3 heterocycles. The zero-order valence-corrected chi connectivity index (χ0v) is 11.4. The summed E-state index contributed by atoms with van der Waals surface area (Å²) in [5.41, 5.74) is 1.40. The molecule has 5 heteroatoms. The number of thioether (sulfide) groups is 1. The van der Waals surface area contributed by atoms with Gasteiger partial charge in [0.25, 0.3) is 0 Å². The lowest BCUT2D eigenvalue weighted by molar-refractivity contribution is -0.127. The van der Waals surface area contributed by atoms with E-state index in [1.165, 1.54) is 28.2 Å². The number of nitrogens with one attached hydrogen (secondary N) is 2. The van der Waals surface area contributed by atoms with Crippen LogP contribution in [0.2, 0.25) is 0 Å². The van der Waals surface area contributed by atoms with Gasteiger partial charge in [0.05, 0.1) is 11.3 Å². The summed E-state index contributed by atoms with van der Waals surface area (Å²) in [5, 5.41) is 8.99. The molecule has 0 bridgehead atoms. The second-order valence-electron chi connectivity index (χ2n) is 4.94. The highest BCUT2D eigenvalue weighted by Crippen LogP contribution is 2.50. The van der Waals surface area contributed by atoms with Gasteiger partial charge in [-0.15, -0.1) is 23.1 Å². The van der Waals surface area contributed by atoms with Crippen molar-refractivity contribution < 1.29 is 4.79 Å². The number of rotatable bonds is 1. The number of hydrogen-bond donors (Lipinski definition) is 2. The second-order valence-corrected chi connectivity index (χ2v) is 7.16. The molecule has 0 spiro atoms. The topological polar surface area (TPSA) is 41.1 Å². The maximum atomic E-state index is 12.3. The lowest BCUT2D eigenvalue weighted by Gasteiger charge is -2.34. The second kappa shape index (κ2) is 4.11. The lowest BCUT2D eigenvalue weighted by atomic mass is 9.95. The number of hydrogen-bond acceptors (Lipinski definition) is 4. The van der Waals surface area contributed by atoms with Crippen LogP contribution in [0.15, 0.2) is 28.0 Å². The van der Waals surface area contributed by atoms with E-state index >= 15 is 0 Å². The van der Waals surface area contributed by atoms with Gasteiger partial charge in [-0.2, -0.15) is 0 Å². The summed E-state index contributed by atoms with van der Waals surface area (Å²) in [7, 11) is 0. The third kappa shape index (κ3) is 1.57. The highest BCUT2D eigenvalue weighted by molar-refractivity contribution is 8.04. The van der Waals surface area contributed by atoms with Gasteiger partial charge in [-0.25, -0.2) is 0 Å². The Morgan fingerprint density at radius 2 is 2.28 bits per heavy atom. The molecule has 1 amide bonds. The Bertz CT molecular complexity index is 523. The zero-order valence-electron chi connectivity index (χ0n) is 9.81. The molecule has 2 aliphatic heterocycles. The van der Waals surface area contributed by atoms with Crippen molar-refractivity contribution in [2.45, 2.75) is 30.8 Å². The maximum Gasteiger partial charge on any atom is 0.231 e. The first-order valence-corrected chi connectivity index (χ1v) is 8.07. The molecule has 3 unspecified atom stereocenters. The summed E-state index contributed by atoms with van der Waals surface area (Å²) >= 11 is 3.57. The fraction of sp³-hybridized carbons (Fsp3) is 0.462. The third-order valence-corrected chi connectivity index (χ3v) is 6.23. The van der Waals surface area contributed by atoms with Crippen molar-refractivity contribution in [2.75, 3.05) is 0 Å². The van der Waals surface area contributed by atoms with Crippen LogP contribution in [-0.2, 0) is 4.79 Å². The molecule has 1 fully saturated rings. The molecule has 1 saturated heterocycles. The molecule has 18 heavy (non-hydrogen) atoms. The Kier molecular flexibility index (Phi) is 2.53. The van der Waals surface area contributed by atoms with Gasteiger partial charge < -0.3 is 5.32 Å². The highest BCUT2D eigenvalue weighted by atomic mass is 32.2. The van der Waals surface area contributed by atoms with Crippen LogP contribution in [0, 0.1) is 5.92 Å². The van der Waals surface area contributed by atoms with Gasteiger partial charge in [-0.1, -0.05) is 6.07 Å². The number of amides is 1. The molecule has 94 valence electrons. The van der Waals surface area contributed by atoms with Crippen molar-refractivity contribution in [1.29, 1.82) is 0 Å². The SMILES string of the molecule is O=C1NC(c2cccs2)NC2SC3=C(CCC3)C12. The minimum absolute atomic E-state index is 0.00808. The highest BCUT2D eigenvalue weighted by Gasteiger charge is 2.46. The van der Waals surface area contributed by atoms with E-state index < -0.39 is 0 Å². The third-order valence-electron chi connectivity index (χ3n) is 3.88. The van der Waals surface area contributed by atoms with Gasteiger partial charge in [0, 0.05) is 4.88 Å². The van der Waals surface area contributed by atoms with Crippen LogP contribution in [0.1, 0.15) is 30.3 Å². The number of carbonyl (C=O) groups is 1. The minimum Gasteiger partial charge on any atom is -0.335 e. The van der Waals surface area contributed by atoms with E-state index in [1.54, 1.807) is 11.3 Å². The molecule has 4 rings (SSSR count). The molecule has 1 aromatic heterocycles. The first-order chi connectivity index (χ1) is 8.83. The summed E-state index contributed by atoms with van der Waals surface area (Å²) in [6, 6.07) is 4.10. The van der Waals surface area contributed by atoms with Crippen molar-refractivity contribution in [3.05, 3.63) is 32.9 Å². The molecule has 3 nitrogen and oxygen atoms in total. The van der Waals surface area contributed by atoms with E-state index in [1.807, 2.05) is 17.8 Å². The van der Waals surface area contributed by atoms with Crippen LogP contribution in [0.3, 0.4) is 0 Å². The summed E-state index contributed by atoms with van der Waals surface area (Å²) < 4.78 is 0. The fourth-order valence-corrected chi connectivity index (χ4v) is 5.39. The van der Waals surface area contributed by atoms with Crippen molar-refractivity contribution in [3.8, 4) is 0 Å². The predicted molar refractivity (Wildman–Crippen MR) is 74.1 cm³/mol. The van der Waals surface area contributed by atoms with Crippen LogP contribution in [0.5, 0.6) is 0 Å². The van der Waals surface area contributed by atoms with Crippen LogP contribution in [0.4, 0.5) is 0 Å². The molecule has 1 aromatic rings. The largest absolute Gasteiger partial charge is 0.335 e. The fourth-order valence-electron chi connectivity index (χ4n) is 3.08. The summed E-state index contributed by atoms with van der Waals surface area (Å²) in [4.78, 5) is 15.0. The Morgan fingerprint density at radius 3 is 3.11 bits per heavy atom. The molecule has 3 aliphatic rings. The average Bonchev–Trinajstić information content (AvgIpc) is 3.04. The molecular formula is C13H14N2OS2. The van der Waals surface area contributed by atoms with Gasteiger partial charge in [0.1, 0.15) is 6.17 Å². The van der Waals surface area contributed by atoms with Crippen molar-refractivity contribution in [3.63, 3.8) is 0 Å². The van der Waals surface area contributed by atoms with E-state index in [4.69, 9.17) is 0 Å². The van der Waals surface area contributed by atoms with E-state index in [-0.39, 0.29) is 23.4 Å². The van der Waals surface area contributed by atoms with E-state index in [9.17, 15) is 4.79 Å². The van der Waals surface area contributed by atoms with Crippen molar-refractivity contribution in [2.24, 2.45) is 5.92 Å². The number of carbonyl (C=O) groups excluding carboxylic acids is 1. The summed E-state index contributed by atoms with van der Waals surface area (Å²) in [6.45, 7) is 0. The van der Waals surface area contributed by atoms with E-state index in [2.05, 4.69) is 22.1 Å². The quantitative estimate of drug-likeness (QED) is 0.829. The molecule has 1 aliphatic carbocycles. The number of allylic oxidation sites excluding steroid dienone is 1. The lowest BCUT2D eigenvalue weighted by Crippen LogP contribution is -2.54. The minimum atomic E-state index is -0.00808. The van der Waals surface area contributed by atoms with Crippen molar-refractivity contribution >= 4 is 29.0 Å². The molecule has 0 radical (unpaired) electrons. The molecular weight excluding hydrogens is 264 g/mol. The first kappa shape index (κ1) is 11.1. The Labute approximate surface area is 114 Å². The van der Waals surface area contributed by atoms with E-state index in [0.29, 0.717) is 0 Å². The van der Waals surface area contributed by atoms with Crippen LogP contribution in [0.25, 0.3) is 0 Å². The first-order valence-electron chi connectivity index (χ1n) is 6.31. The Balaban J connectivity index is 1.60. The molecule has 0 saturated carbocycles. The summed E-state index contributed by atoms with van der Waals surface area (Å²) in [6.07, 6.45) is 3.50. The number of fused-ring (bicyclic) bond motifs is 2.